The molecule has 1 atom stereocenters. The molecular formula is C12H13IN4. The van der Waals surface area contributed by atoms with Gasteiger partial charge in [-0.3, -0.25) is 21.2 Å². The second-order valence-electron chi connectivity index (χ2n) is 3.68. The van der Waals surface area contributed by atoms with Gasteiger partial charge >= 0.3 is 0 Å². The summed E-state index contributed by atoms with van der Waals surface area (Å²) in [7, 11) is 0. The summed E-state index contributed by atoms with van der Waals surface area (Å²) in [5, 5.41) is 0. The summed E-state index contributed by atoms with van der Waals surface area (Å²) in [5.74, 6) is 5.56. The molecule has 1 aromatic carbocycles. The Kier molecular flexibility index (Phi) is 4.41. The Morgan fingerprint density at radius 2 is 2.00 bits per heavy atom. The third kappa shape index (κ3) is 3.45. The number of nitrogens with two attached hydrogens (primary N) is 1. The van der Waals surface area contributed by atoms with E-state index in [2.05, 4.69) is 62.3 Å². The normalized spacial score (nSPS) is 12.4. The van der Waals surface area contributed by atoms with Crippen LogP contribution in [-0.4, -0.2) is 9.97 Å². The fourth-order valence-corrected chi connectivity index (χ4v) is 1.96. The molecule has 1 aromatic heterocycles. The lowest BCUT2D eigenvalue weighted by Crippen LogP contribution is -2.30. The van der Waals surface area contributed by atoms with Crippen LogP contribution >= 0.6 is 22.6 Å². The van der Waals surface area contributed by atoms with E-state index in [9.17, 15) is 0 Å². The molecule has 0 saturated carbocycles. The van der Waals surface area contributed by atoms with Crippen molar-refractivity contribution in [3.8, 4) is 0 Å². The lowest BCUT2D eigenvalue weighted by molar-refractivity contribution is 0.536. The number of hydrazine groups is 1. The SMILES string of the molecule is NNC(Cc1ccc(I)cc1)c1cnccn1. The molecule has 4 nitrogen and oxygen atoms in total. The number of nitrogens with one attached hydrogen (secondary N) is 1. The average Bonchev–Trinajstić information content (AvgIpc) is 2.39. The Morgan fingerprint density at radius 3 is 2.59 bits per heavy atom. The van der Waals surface area contributed by atoms with Crippen molar-refractivity contribution < 1.29 is 0 Å². The molecule has 0 aliphatic carbocycles. The third-order valence-corrected chi connectivity index (χ3v) is 3.21. The van der Waals surface area contributed by atoms with Crippen molar-refractivity contribution in [2.75, 3.05) is 0 Å². The highest BCUT2D eigenvalue weighted by Crippen LogP contribution is 2.16. The largest absolute Gasteiger partial charge is 0.271 e. The predicted molar refractivity (Wildman–Crippen MR) is 75.0 cm³/mol. The standard InChI is InChI=1S/C12H13IN4/c13-10-3-1-9(2-4-10)7-11(17-14)12-8-15-5-6-16-12/h1-6,8,11,17H,7,14H2. The Labute approximate surface area is 114 Å². The van der Waals surface area contributed by atoms with Gasteiger partial charge < -0.3 is 0 Å². The summed E-state index contributed by atoms with van der Waals surface area (Å²) < 4.78 is 1.23. The molecule has 0 amide bonds. The maximum Gasteiger partial charge on any atom is 0.0772 e. The van der Waals surface area contributed by atoms with Crippen molar-refractivity contribution in [2.45, 2.75) is 12.5 Å². The summed E-state index contributed by atoms with van der Waals surface area (Å²) in [6, 6.07) is 8.36. The van der Waals surface area contributed by atoms with E-state index in [1.165, 1.54) is 9.13 Å². The first-order valence-corrected chi connectivity index (χ1v) is 6.34. The minimum atomic E-state index is -0.0104. The van der Waals surface area contributed by atoms with Gasteiger partial charge in [0.15, 0.2) is 0 Å². The molecule has 0 radical (unpaired) electrons. The fourth-order valence-electron chi connectivity index (χ4n) is 1.60. The summed E-state index contributed by atoms with van der Waals surface area (Å²) in [4.78, 5) is 8.31. The monoisotopic (exact) mass is 340 g/mol. The second-order valence-corrected chi connectivity index (χ2v) is 4.93. The highest BCUT2D eigenvalue weighted by molar-refractivity contribution is 14.1. The van der Waals surface area contributed by atoms with Crippen LogP contribution in [0.3, 0.4) is 0 Å². The van der Waals surface area contributed by atoms with E-state index in [4.69, 9.17) is 5.84 Å². The van der Waals surface area contributed by atoms with Gasteiger partial charge in [0.1, 0.15) is 0 Å². The van der Waals surface area contributed by atoms with E-state index >= 15 is 0 Å². The van der Waals surface area contributed by atoms with Gasteiger partial charge in [-0.1, -0.05) is 12.1 Å². The second kappa shape index (κ2) is 6.04. The van der Waals surface area contributed by atoms with Crippen molar-refractivity contribution >= 4 is 22.6 Å². The van der Waals surface area contributed by atoms with Gasteiger partial charge in [0.05, 0.1) is 17.9 Å². The molecule has 0 aliphatic rings. The minimum Gasteiger partial charge on any atom is -0.271 e. The predicted octanol–water partition coefficient (Wildman–Crippen LogP) is 1.83. The molecule has 0 aliphatic heterocycles. The van der Waals surface area contributed by atoms with E-state index in [1.807, 2.05) is 0 Å². The molecule has 2 aromatic rings. The van der Waals surface area contributed by atoms with E-state index in [-0.39, 0.29) is 6.04 Å². The van der Waals surface area contributed by atoms with Gasteiger partial charge in [0.2, 0.25) is 0 Å². The van der Waals surface area contributed by atoms with Crippen LogP contribution in [0.2, 0.25) is 0 Å². The summed E-state index contributed by atoms with van der Waals surface area (Å²) in [5.41, 5.74) is 4.85. The molecular weight excluding hydrogens is 327 g/mol. The van der Waals surface area contributed by atoms with E-state index < -0.39 is 0 Å². The Morgan fingerprint density at radius 1 is 1.24 bits per heavy atom. The van der Waals surface area contributed by atoms with Crippen LogP contribution in [0.15, 0.2) is 42.9 Å². The van der Waals surface area contributed by atoms with Crippen molar-refractivity contribution in [1.29, 1.82) is 0 Å². The van der Waals surface area contributed by atoms with E-state index in [1.54, 1.807) is 18.6 Å². The molecule has 0 saturated heterocycles. The third-order valence-electron chi connectivity index (χ3n) is 2.49. The maximum absolute atomic E-state index is 5.56. The van der Waals surface area contributed by atoms with Gasteiger partial charge in [-0.25, -0.2) is 0 Å². The van der Waals surface area contributed by atoms with Crippen LogP contribution < -0.4 is 11.3 Å². The number of hydrogen-bond donors (Lipinski definition) is 2. The van der Waals surface area contributed by atoms with Crippen LogP contribution in [0.4, 0.5) is 0 Å². The van der Waals surface area contributed by atoms with Gasteiger partial charge in [-0.15, -0.1) is 0 Å². The van der Waals surface area contributed by atoms with Crippen LogP contribution in [-0.2, 0) is 6.42 Å². The van der Waals surface area contributed by atoms with Crippen LogP contribution in [0.25, 0.3) is 0 Å². The molecule has 0 fully saturated rings. The fraction of sp³-hybridized carbons (Fsp3) is 0.167. The van der Waals surface area contributed by atoms with E-state index in [0.717, 1.165) is 12.1 Å². The zero-order chi connectivity index (χ0) is 12.1. The molecule has 88 valence electrons. The van der Waals surface area contributed by atoms with Gasteiger partial charge in [0, 0.05) is 16.0 Å². The number of halogens is 1. The molecule has 1 unspecified atom stereocenters. The summed E-state index contributed by atoms with van der Waals surface area (Å²) >= 11 is 2.29. The van der Waals surface area contributed by atoms with Gasteiger partial charge in [0.25, 0.3) is 0 Å². The van der Waals surface area contributed by atoms with Crippen LogP contribution in [0.5, 0.6) is 0 Å². The topological polar surface area (TPSA) is 63.8 Å². The molecule has 3 N–H and O–H groups in total. The molecule has 0 bridgehead atoms. The minimum absolute atomic E-state index is 0.0104. The Hall–Kier alpha value is -1.05. The smallest absolute Gasteiger partial charge is 0.0772 e. The Bertz CT molecular complexity index is 458. The lowest BCUT2D eigenvalue weighted by atomic mass is 10.0. The maximum atomic E-state index is 5.56. The number of hydrogen-bond acceptors (Lipinski definition) is 4. The summed E-state index contributed by atoms with van der Waals surface area (Å²) in [6.45, 7) is 0. The summed E-state index contributed by atoms with van der Waals surface area (Å²) in [6.07, 6.45) is 5.86. The van der Waals surface area contributed by atoms with Crippen molar-refractivity contribution in [1.82, 2.24) is 15.4 Å². The molecule has 17 heavy (non-hydrogen) atoms. The zero-order valence-electron chi connectivity index (χ0n) is 9.18. The average molecular weight is 340 g/mol. The van der Waals surface area contributed by atoms with Crippen LogP contribution in [0.1, 0.15) is 17.3 Å². The lowest BCUT2D eigenvalue weighted by Gasteiger charge is -2.14. The van der Waals surface area contributed by atoms with Crippen molar-refractivity contribution in [2.24, 2.45) is 5.84 Å². The first kappa shape index (κ1) is 12.4. The number of rotatable bonds is 4. The Balaban J connectivity index is 2.13. The van der Waals surface area contributed by atoms with Gasteiger partial charge in [-0.2, -0.15) is 0 Å². The highest BCUT2D eigenvalue weighted by Gasteiger charge is 2.11. The van der Waals surface area contributed by atoms with Crippen molar-refractivity contribution in [3.63, 3.8) is 0 Å². The highest BCUT2D eigenvalue weighted by atomic mass is 127. The number of aromatic nitrogens is 2. The first-order valence-electron chi connectivity index (χ1n) is 5.26. The first-order chi connectivity index (χ1) is 8.29. The molecule has 2 rings (SSSR count). The van der Waals surface area contributed by atoms with E-state index in [0.29, 0.717) is 0 Å². The quantitative estimate of drug-likeness (QED) is 0.506. The number of nitrogens with zero attached hydrogens (tertiary/aromatic N) is 2. The molecule has 0 spiro atoms. The zero-order valence-corrected chi connectivity index (χ0v) is 11.3. The van der Waals surface area contributed by atoms with Gasteiger partial charge in [-0.05, 0) is 46.7 Å². The molecule has 5 heteroatoms. The van der Waals surface area contributed by atoms with Crippen LogP contribution in [0, 0.1) is 3.57 Å². The molecule has 1 heterocycles. The number of benzene rings is 1. The van der Waals surface area contributed by atoms with Crippen molar-refractivity contribution in [3.05, 3.63) is 57.7 Å².